The monoisotopic (exact) mass is 279 g/mol. The van der Waals surface area contributed by atoms with Crippen LogP contribution in [0.15, 0.2) is 9.98 Å². The highest BCUT2D eigenvalue weighted by molar-refractivity contribution is 5.33. The molecule has 110 valence electrons. The number of rotatable bonds is 13. The molecule has 0 rings (SSSR count). The Hall–Kier alpha value is -1.95. The second-order valence-corrected chi connectivity index (χ2v) is 4.49. The predicted molar refractivity (Wildman–Crippen MR) is 73.4 cm³/mol. The van der Waals surface area contributed by atoms with E-state index in [1.54, 1.807) is 12.3 Å². The van der Waals surface area contributed by atoms with E-state index in [9.17, 15) is 9.59 Å². The molecular formula is C14H21N3O3. The minimum atomic E-state index is 0.0268. The van der Waals surface area contributed by atoms with Crippen molar-refractivity contribution in [2.45, 2.75) is 57.4 Å². The standard InChI is InChI=1S/C14H21N3O3/c15-11-20-10-6-2-4-8-14(17-13-19)7-3-1-5-9-16-12-18/h14H,1-10H2. The molecule has 0 amide bonds. The minimum Gasteiger partial charge on any atom is -0.428 e. The largest absolute Gasteiger partial charge is 0.428 e. The molecule has 0 N–H and O–H groups in total. The van der Waals surface area contributed by atoms with Gasteiger partial charge in [0.25, 0.3) is 6.26 Å². The summed E-state index contributed by atoms with van der Waals surface area (Å²) in [5.74, 6) is 0. The van der Waals surface area contributed by atoms with Gasteiger partial charge in [0.1, 0.15) is 6.61 Å². The molecule has 6 heteroatoms. The van der Waals surface area contributed by atoms with Crippen molar-refractivity contribution in [3.63, 3.8) is 0 Å². The van der Waals surface area contributed by atoms with Gasteiger partial charge >= 0.3 is 0 Å². The zero-order chi connectivity index (χ0) is 14.9. The van der Waals surface area contributed by atoms with Gasteiger partial charge in [-0.2, -0.15) is 5.26 Å². The van der Waals surface area contributed by atoms with Crippen LogP contribution < -0.4 is 0 Å². The number of hydrogen-bond donors (Lipinski definition) is 0. The Balaban J connectivity index is 3.63. The van der Waals surface area contributed by atoms with E-state index in [1.165, 1.54) is 6.08 Å². The molecule has 1 unspecified atom stereocenters. The van der Waals surface area contributed by atoms with Gasteiger partial charge in [-0.3, -0.25) is 0 Å². The van der Waals surface area contributed by atoms with Crippen LogP contribution in [0.1, 0.15) is 51.4 Å². The van der Waals surface area contributed by atoms with Crippen LogP contribution in [0, 0.1) is 11.5 Å². The molecule has 0 aromatic rings. The fourth-order valence-corrected chi connectivity index (χ4v) is 1.92. The molecule has 20 heavy (non-hydrogen) atoms. The normalized spacial score (nSPS) is 10.8. The summed E-state index contributed by atoms with van der Waals surface area (Å²) >= 11 is 0. The lowest BCUT2D eigenvalue weighted by atomic mass is 10.0. The van der Waals surface area contributed by atoms with Crippen LogP contribution in [-0.4, -0.2) is 31.4 Å². The Morgan fingerprint density at radius 1 is 0.950 bits per heavy atom. The summed E-state index contributed by atoms with van der Waals surface area (Å²) in [4.78, 5) is 27.5. The molecular weight excluding hydrogens is 258 g/mol. The molecule has 0 spiro atoms. The molecule has 0 aliphatic heterocycles. The SMILES string of the molecule is N#COCCCCCC(CCCCCN=C=O)N=C=O. The number of isocyanates is 2. The zero-order valence-electron chi connectivity index (χ0n) is 11.7. The molecule has 0 bridgehead atoms. The summed E-state index contributed by atoms with van der Waals surface area (Å²) in [5.41, 5.74) is 0. The summed E-state index contributed by atoms with van der Waals surface area (Å²) < 4.78 is 4.58. The van der Waals surface area contributed by atoms with E-state index >= 15 is 0 Å². The quantitative estimate of drug-likeness (QED) is 0.224. The third-order valence-electron chi connectivity index (χ3n) is 2.96. The van der Waals surface area contributed by atoms with Crippen molar-refractivity contribution in [2.75, 3.05) is 13.2 Å². The average Bonchev–Trinajstić information content (AvgIpc) is 2.46. The van der Waals surface area contributed by atoms with Gasteiger partial charge in [0, 0.05) is 0 Å². The number of ether oxygens (including phenoxy) is 1. The van der Waals surface area contributed by atoms with Gasteiger partial charge in [-0.05, 0) is 32.1 Å². The number of unbranched alkanes of at least 4 members (excludes halogenated alkanes) is 4. The predicted octanol–water partition coefficient (Wildman–Crippen LogP) is 2.65. The van der Waals surface area contributed by atoms with Gasteiger partial charge in [-0.1, -0.05) is 19.3 Å². The number of nitrogens with zero attached hydrogens (tertiary/aromatic N) is 3. The van der Waals surface area contributed by atoms with Crippen molar-refractivity contribution in [3.05, 3.63) is 0 Å². The number of aliphatic imine (C=N–C) groups is 2. The second kappa shape index (κ2) is 15.1. The van der Waals surface area contributed by atoms with Gasteiger partial charge in [-0.25, -0.2) is 19.6 Å². The van der Waals surface area contributed by atoms with E-state index in [-0.39, 0.29) is 6.04 Å². The number of hydrogen-bond acceptors (Lipinski definition) is 6. The first-order valence-corrected chi connectivity index (χ1v) is 6.96. The smallest absolute Gasteiger partial charge is 0.286 e. The van der Waals surface area contributed by atoms with Crippen molar-refractivity contribution in [1.29, 1.82) is 5.26 Å². The Bertz CT molecular complexity index is 366. The molecule has 1 atom stereocenters. The summed E-state index contributed by atoms with van der Waals surface area (Å²) in [6.45, 7) is 0.972. The lowest BCUT2D eigenvalue weighted by molar-refractivity contribution is 0.259. The van der Waals surface area contributed by atoms with E-state index in [0.29, 0.717) is 13.2 Å². The zero-order valence-corrected chi connectivity index (χ0v) is 11.7. The van der Waals surface area contributed by atoms with E-state index in [0.717, 1.165) is 51.4 Å². The highest BCUT2D eigenvalue weighted by Crippen LogP contribution is 2.14. The van der Waals surface area contributed by atoms with Crippen molar-refractivity contribution in [1.82, 2.24) is 0 Å². The molecule has 0 aromatic heterocycles. The Morgan fingerprint density at radius 3 is 2.25 bits per heavy atom. The fourth-order valence-electron chi connectivity index (χ4n) is 1.92. The van der Waals surface area contributed by atoms with Gasteiger partial charge in [0.2, 0.25) is 12.2 Å². The van der Waals surface area contributed by atoms with Crippen LogP contribution in [0.5, 0.6) is 0 Å². The number of carbonyl (C=O) groups excluding carboxylic acids is 2. The van der Waals surface area contributed by atoms with E-state index in [2.05, 4.69) is 14.7 Å². The van der Waals surface area contributed by atoms with E-state index < -0.39 is 0 Å². The molecule has 0 aliphatic carbocycles. The maximum absolute atomic E-state index is 10.4. The molecule has 0 saturated carbocycles. The maximum atomic E-state index is 10.4. The fraction of sp³-hybridized carbons (Fsp3) is 0.786. The lowest BCUT2D eigenvalue weighted by Gasteiger charge is -2.09. The first-order valence-electron chi connectivity index (χ1n) is 6.96. The van der Waals surface area contributed by atoms with Gasteiger partial charge in [0.05, 0.1) is 12.6 Å². The average molecular weight is 279 g/mol. The van der Waals surface area contributed by atoms with Crippen LogP contribution in [-0.2, 0) is 14.3 Å². The number of nitriles is 1. The van der Waals surface area contributed by atoms with Crippen LogP contribution in [0.3, 0.4) is 0 Å². The molecule has 0 heterocycles. The van der Waals surface area contributed by atoms with Gasteiger partial charge in [0.15, 0.2) is 0 Å². The summed E-state index contributed by atoms with van der Waals surface area (Å²) in [5, 5.41) is 8.20. The van der Waals surface area contributed by atoms with Crippen LogP contribution in [0.4, 0.5) is 0 Å². The van der Waals surface area contributed by atoms with Crippen LogP contribution in [0.2, 0.25) is 0 Å². The van der Waals surface area contributed by atoms with Crippen molar-refractivity contribution in [3.8, 4) is 6.26 Å². The van der Waals surface area contributed by atoms with Crippen molar-refractivity contribution >= 4 is 12.2 Å². The summed E-state index contributed by atoms with van der Waals surface area (Å²) in [6.07, 6.45) is 12.0. The first kappa shape index (κ1) is 18.0. The molecule has 6 nitrogen and oxygen atoms in total. The lowest BCUT2D eigenvalue weighted by Crippen LogP contribution is -2.04. The summed E-state index contributed by atoms with van der Waals surface area (Å²) in [7, 11) is 0. The molecule has 0 aliphatic rings. The van der Waals surface area contributed by atoms with Crippen molar-refractivity contribution < 1.29 is 14.3 Å². The van der Waals surface area contributed by atoms with E-state index in [1.807, 2.05) is 0 Å². The second-order valence-electron chi connectivity index (χ2n) is 4.49. The molecule has 0 fully saturated rings. The highest BCUT2D eigenvalue weighted by Gasteiger charge is 2.06. The van der Waals surface area contributed by atoms with E-state index in [4.69, 9.17) is 5.26 Å². The Labute approximate surface area is 119 Å². The topological polar surface area (TPSA) is 91.9 Å². The highest BCUT2D eigenvalue weighted by atomic mass is 16.5. The molecule has 0 saturated heterocycles. The minimum absolute atomic E-state index is 0.0268. The Morgan fingerprint density at radius 2 is 1.65 bits per heavy atom. The van der Waals surface area contributed by atoms with Gasteiger partial charge < -0.3 is 4.74 Å². The van der Waals surface area contributed by atoms with Crippen LogP contribution in [0.25, 0.3) is 0 Å². The van der Waals surface area contributed by atoms with Crippen LogP contribution >= 0.6 is 0 Å². The Kier molecular flexibility index (Phi) is 13.6. The molecule has 0 aromatic carbocycles. The maximum Gasteiger partial charge on any atom is 0.286 e. The van der Waals surface area contributed by atoms with Crippen molar-refractivity contribution in [2.24, 2.45) is 9.98 Å². The summed E-state index contributed by atoms with van der Waals surface area (Å²) in [6, 6.07) is 0.0268. The third kappa shape index (κ3) is 12.5. The first-order chi connectivity index (χ1) is 9.85. The van der Waals surface area contributed by atoms with Gasteiger partial charge in [-0.15, -0.1) is 0 Å². The third-order valence-corrected chi connectivity index (χ3v) is 2.96. The molecule has 0 radical (unpaired) electrons.